The van der Waals surface area contributed by atoms with E-state index in [-0.39, 0.29) is 6.10 Å². The molecule has 1 aromatic carbocycles. The van der Waals surface area contributed by atoms with Crippen LogP contribution in [0.3, 0.4) is 0 Å². The van der Waals surface area contributed by atoms with Gasteiger partial charge < -0.3 is 10.1 Å². The molecule has 15 heavy (non-hydrogen) atoms. The molecule has 80 valence electrons. The molecule has 0 aliphatic rings. The lowest BCUT2D eigenvalue weighted by atomic mass is 10.1. The van der Waals surface area contributed by atoms with Crippen LogP contribution in [-0.2, 0) is 6.42 Å². The summed E-state index contributed by atoms with van der Waals surface area (Å²) in [6.07, 6.45) is 2.13. The summed E-state index contributed by atoms with van der Waals surface area (Å²) in [6, 6.07) is 3.62. The van der Waals surface area contributed by atoms with Crippen LogP contribution in [0.25, 0.3) is 10.9 Å². The number of fused-ring (bicyclic) bond motifs is 1. The number of hydrogen-bond donors (Lipinski definition) is 2. The lowest BCUT2D eigenvalue weighted by Gasteiger charge is -2.03. The van der Waals surface area contributed by atoms with Crippen molar-refractivity contribution >= 4 is 34.1 Å². The van der Waals surface area contributed by atoms with Crippen molar-refractivity contribution in [3.05, 3.63) is 33.9 Å². The molecule has 0 fully saturated rings. The summed E-state index contributed by atoms with van der Waals surface area (Å²) in [7, 11) is 0. The Morgan fingerprint density at radius 1 is 1.33 bits per heavy atom. The second kappa shape index (κ2) is 4.05. The van der Waals surface area contributed by atoms with Gasteiger partial charge in [-0.15, -0.1) is 0 Å². The molecule has 0 radical (unpaired) electrons. The molecule has 2 rings (SSSR count). The predicted octanol–water partition coefficient (Wildman–Crippen LogP) is 3.40. The first-order chi connectivity index (χ1) is 7.08. The average Bonchev–Trinajstić information content (AvgIpc) is 2.49. The summed E-state index contributed by atoms with van der Waals surface area (Å²) < 4.78 is 0. The molecule has 0 amide bonds. The van der Waals surface area contributed by atoms with Crippen LogP contribution >= 0.6 is 23.2 Å². The van der Waals surface area contributed by atoms with Crippen LogP contribution in [0.4, 0.5) is 0 Å². The highest BCUT2D eigenvalue weighted by molar-refractivity contribution is 6.42. The van der Waals surface area contributed by atoms with E-state index in [1.165, 1.54) is 0 Å². The minimum Gasteiger partial charge on any atom is -0.393 e. The first kappa shape index (κ1) is 10.8. The van der Waals surface area contributed by atoms with Crippen LogP contribution in [0, 0.1) is 0 Å². The van der Waals surface area contributed by atoms with Crippen molar-refractivity contribution in [1.82, 2.24) is 4.98 Å². The maximum Gasteiger partial charge on any atom is 0.0613 e. The van der Waals surface area contributed by atoms with Gasteiger partial charge in [-0.1, -0.05) is 23.2 Å². The molecule has 1 heterocycles. The maximum atomic E-state index is 9.33. The molecular weight excluding hydrogens is 233 g/mol. The Morgan fingerprint density at radius 3 is 2.67 bits per heavy atom. The Kier molecular flexibility index (Phi) is 2.91. The first-order valence-corrected chi connectivity index (χ1v) is 5.46. The lowest BCUT2D eigenvalue weighted by Crippen LogP contribution is -2.03. The van der Waals surface area contributed by atoms with Crippen molar-refractivity contribution in [3.8, 4) is 0 Å². The summed E-state index contributed by atoms with van der Waals surface area (Å²) in [4.78, 5) is 3.11. The standard InChI is InChI=1S/C11H11Cl2NO/c1-6(15)2-7-5-14-11-4-10(13)9(12)3-8(7)11/h3-6,14-15H,2H2,1H3. The third kappa shape index (κ3) is 2.12. The Balaban J connectivity index is 2.54. The Labute approximate surface area is 97.8 Å². The number of benzene rings is 1. The molecule has 2 aromatic rings. The fraction of sp³-hybridized carbons (Fsp3) is 0.273. The summed E-state index contributed by atoms with van der Waals surface area (Å²) in [5, 5.41) is 11.4. The molecule has 0 aliphatic carbocycles. The normalized spacial score (nSPS) is 13.3. The van der Waals surface area contributed by atoms with Crippen LogP contribution in [0.1, 0.15) is 12.5 Å². The topological polar surface area (TPSA) is 36.0 Å². The van der Waals surface area contributed by atoms with E-state index in [1.54, 1.807) is 13.0 Å². The molecule has 0 bridgehead atoms. The van der Waals surface area contributed by atoms with Crippen LogP contribution in [0.2, 0.25) is 10.0 Å². The van der Waals surface area contributed by atoms with E-state index in [0.29, 0.717) is 16.5 Å². The van der Waals surface area contributed by atoms with Gasteiger partial charge in [-0.25, -0.2) is 0 Å². The Hall–Kier alpha value is -0.700. The van der Waals surface area contributed by atoms with Crippen molar-refractivity contribution in [1.29, 1.82) is 0 Å². The lowest BCUT2D eigenvalue weighted by molar-refractivity contribution is 0.196. The molecular formula is C11H11Cl2NO. The first-order valence-electron chi connectivity index (χ1n) is 4.71. The molecule has 4 heteroatoms. The van der Waals surface area contributed by atoms with Crippen LogP contribution < -0.4 is 0 Å². The molecule has 2 nitrogen and oxygen atoms in total. The van der Waals surface area contributed by atoms with Gasteiger partial charge in [0, 0.05) is 23.5 Å². The fourth-order valence-electron chi connectivity index (χ4n) is 1.66. The second-order valence-corrected chi connectivity index (χ2v) is 4.49. The van der Waals surface area contributed by atoms with Crippen molar-refractivity contribution in [2.45, 2.75) is 19.4 Å². The number of aromatic nitrogens is 1. The van der Waals surface area contributed by atoms with Crippen LogP contribution in [0.15, 0.2) is 18.3 Å². The number of H-pyrrole nitrogens is 1. The fourth-order valence-corrected chi connectivity index (χ4v) is 1.99. The summed E-state index contributed by atoms with van der Waals surface area (Å²) in [5.41, 5.74) is 2.00. The largest absolute Gasteiger partial charge is 0.393 e. The van der Waals surface area contributed by atoms with Gasteiger partial charge in [0.05, 0.1) is 16.1 Å². The SMILES string of the molecule is CC(O)Cc1c[nH]c2cc(Cl)c(Cl)cc12. The number of hydrogen-bond acceptors (Lipinski definition) is 1. The van der Waals surface area contributed by atoms with E-state index in [9.17, 15) is 5.11 Å². The number of rotatable bonds is 2. The Morgan fingerprint density at radius 2 is 2.00 bits per heavy atom. The van der Waals surface area contributed by atoms with E-state index in [4.69, 9.17) is 23.2 Å². The van der Waals surface area contributed by atoms with E-state index >= 15 is 0 Å². The number of aromatic amines is 1. The van der Waals surface area contributed by atoms with Gasteiger partial charge >= 0.3 is 0 Å². The van der Waals surface area contributed by atoms with Crippen molar-refractivity contribution in [2.75, 3.05) is 0 Å². The Bertz CT molecular complexity index is 491. The third-order valence-corrected chi connectivity index (χ3v) is 3.05. The molecule has 0 saturated heterocycles. The summed E-state index contributed by atoms with van der Waals surface area (Å²) in [5.74, 6) is 0. The van der Waals surface area contributed by atoms with Gasteiger partial charge in [0.15, 0.2) is 0 Å². The average molecular weight is 244 g/mol. The van der Waals surface area contributed by atoms with Crippen LogP contribution in [-0.4, -0.2) is 16.2 Å². The maximum absolute atomic E-state index is 9.33. The van der Waals surface area contributed by atoms with Gasteiger partial charge in [0.25, 0.3) is 0 Å². The zero-order chi connectivity index (χ0) is 11.0. The van der Waals surface area contributed by atoms with E-state index < -0.39 is 0 Å². The highest BCUT2D eigenvalue weighted by atomic mass is 35.5. The second-order valence-electron chi connectivity index (χ2n) is 3.68. The number of halogens is 2. The monoisotopic (exact) mass is 243 g/mol. The van der Waals surface area contributed by atoms with Gasteiger partial charge in [-0.2, -0.15) is 0 Å². The molecule has 0 saturated carbocycles. The quantitative estimate of drug-likeness (QED) is 0.834. The molecule has 2 N–H and O–H groups in total. The van der Waals surface area contributed by atoms with Crippen molar-refractivity contribution < 1.29 is 5.11 Å². The van der Waals surface area contributed by atoms with Gasteiger partial charge in [-0.05, 0) is 24.6 Å². The number of aliphatic hydroxyl groups excluding tert-OH is 1. The van der Waals surface area contributed by atoms with Crippen molar-refractivity contribution in [2.24, 2.45) is 0 Å². The summed E-state index contributed by atoms with van der Waals surface area (Å²) >= 11 is 11.8. The zero-order valence-corrected chi connectivity index (χ0v) is 9.73. The molecule has 0 spiro atoms. The van der Waals surface area contributed by atoms with Gasteiger partial charge in [-0.3, -0.25) is 0 Å². The molecule has 1 unspecified atom stereocenters. The molecule has 0 aliphatic heterocycles. The van der Waals surface area contributed by atoms with E-state index in [2.05, 4.69) is 4.98 Å². The zero-order valence-electron chi connectivity index (χ0n) is 8.22. The molecule has 1 atom stereocenters. The predicted molar refractivity (Wildman–Crippen MR) is 63.7 cm³/mol. The van der Waals surface area contributed by atoms with Crippen molar-refractivity contribution in [3.63, 3.8) is 0 Å². The molecule has 1 aromatic heterocycles. The summed E-state index contributed by atoms with van der Waals surface area (Å²) in [6.45, 7) is 1.76. The number of aliphatic hydroxyl groups is 1. The van der Waals surface area contributed by atoms with Gasteiger partial charge in [0.2, 0.25) is 0 Å². The highest BCUT2D eigenvalue weighted by Crippen LogP contribution is 2.29. The van der Waals surface area contributed by atoms with Gasteiger partial charge in [0.1, 0.15) is 0 Å². The third-order valence-electron chi connectivity index (χ3n) is 2.32. The highest BCUT2D eigenvalue weighted by Gasteiger charge is 2.08. The minimum atomic E-state index is -0.363. The van der Waals surface area contributed by atoms with Crippen LogP contribution in [0.5, 0.6) is 0 Å². The minimum absolute atomic E-state index is 0.363. The van der Waals surface area contributed by atoms with E-state index in [0.717, 1.165) is 16.5 Å². The van der Waals surface area contributed by atoms with E-state index in [1.807, 2.05) is 12.3 Å². The number of nitrogens with one attached hydrogen (secondary N) is 1. The smallest absolute Gasteiger partial charge is 0.0613 e.